The summed E-state index contributed by atoms with van der Waals surface area (Å²) >= 11 is 3.45. The minimum Gasteiger partial charge on any atom is -0.392 e. The molecule has 1 heterocycles. The summed E-state index contributed by atoms with van der Waals surface area (Å²) in [7, 11) is -3.50. The zero-order valence-corrected chi connectivity index (χ0v) is 15.4. The summed E-state index contributed by atoms with van der Waals surface area (Å²) in [4.78, 5) is 0. The maximum atomic E-state index is 12.0. The van der Waals surface area contributed by atoms with Crippen LogP contribution in [0.2, 0.25) is 0 Å². The highest BCUT2D eigenvalue weighted by Crippen LogP contribution is 2.29. The molecule has 0 amide bonds. The molecule has 1 aromatic carbocycles. The maximum absolute atomic E-state index is 12.0. The van der Waals surface area contributed by atoms with Gasteiger partial charge in [-0.3, -0.25) is 0 Å². The van der Waals surface area contributed by atoms with E-state index in [1.807, 2.05) is 32.9 Å². The van der Waals surface area contributed by atoms with E-state index in [1.165, 1.54) is 0 Å². The fraction of sp³-hybridized carbons (Fsp3) is 0.400. The third kappa shape index (κ3) is 2.98. The summed E-state index contributed by atoms with van der Waals surface area (Å²) < 4.78 is 26.5. The molecule has 0 saturated heterocycles. The van der Waals surface area contributed by atoms with Gasteiger partial charge >= 0.3 is 0 Å². The second-order valence-corrected chi connectivity index (χ2v) is 8.16. The molecule has 1 aromatic heterocycles. The largest absolute Gasteiger partial charge is 0.392 e. The Balaban J connectivity index is 2.85. The average molecular weight is 387 g/mol. The minimum atomic E-state index is -3.50. The van der Waals surface area contributed by atoms with Crippen LogP contribution in [-0.2, 0) is 22.9 Å². The van der Waals surface area contributed by atoms with Crippen molar-refractivity contribution in [2.75, 3.05) is 6.26 Å². The zero-order valence-electron chi connectivity index (χ0n) is 13.0. The first-order valence-electron chi connectivity index (χ1n) is 6.89. The molecule has 0 aliphatic carbocycles. The van der Waals surface area contributed by atoms with Crippen LogP contribution in [0.4, 0.5) is 0 Å². The van der Waals surface area contributed by atoms with E-state index in [9.17, 15) is 13.5 Å². The first-order valence-corrected chi connectivity index (χ1v) is 9.58. The van der Waals surface area contributed by atoms with Gasteiger partial charge in [-0.15, -0.1) is 0 Å². The van der Waals surface area contributed by atoms with Gasteiger partial charge in [-0.2, -0.15) is 5.10 Å². The first-order chi connectivity index (χ1) is 10.2. The second kappa shape index (κ2) is 6.14. The third-order valence-corrected chi connectivity index (χ3v) is 5.05. The van der Waals surface area contributed by atoms with Crippen molar-refractivity contribution in [2.24, 2.45) is 0 Å². The molecule has 2 rings (SSSR count). The molecule has 0 spiro atoms. The molecule has 2 aromatic rings. The lowest BCUT2D eigenvalue weighted by Gasteiger charge is -2.13. The molecule has 0 radical (unpaired) electrons. The molecule has 0 saturated carbocycles. The fourth-order valence-electron chi connectivity index (χ4n) is 2.70. The van der Waals surface area contributed by atoms with Gasteiger partial charge in [-0.05, 0) is 43.5 Å². The lowest BCUT2D eigenvalue weighted by Crippen LogP contribution is -2.07. The van der Waals surface area contributed by atoms with E-state index >= 15 is 0 Å². The molecule has 0 bridgehead atoms. The van der Waals surface area contributed by atoms with Crippen molar-refractivity contribution in [1.82, 2.24) is 9.78 Å². The van der Waals surface area contributed by atoms with Crippen LogP contribution >= 0.6 is 15.9 Å². The van der Waals surface area contributed by atoms with Gasteiger partial charge in [0.05, 0.1) is 18.0 Å². The Bertz CT molecular complexity index is 803. The van der Waals surface area contributed by atoms with E-state index in [-0.39, 0.29) is 11.6 Å². The molecule has 1 N–H and O–H groups in total. The number of aliphatic hydroxyl groups excluding tert-OH is 1. The predicted octanol–water partition coefficient (Wildman–Crippen LogP) is 2.71. The Kier molecular flexibility index (Phi) is 4.79. The number of benzene rings is 1. The van der Waals surface area contributed by atoms with Gasteiger partial charge in [-0.25, -0.2) is 13.1 Å². The van der Waals surface area contributed by atoms with Gasteiger partial charge < -0.3 is 5.11 Å². The summed E-state index contributed by atoms with van der Waals surface area (Å²) in [6.45, 7) is 5.47. The van der Waals surface area contributed by atoms with Crippen molar-refractivity contribution in [2.45, 2.75) is 38.8 Å². The Morgan fingerprint density at radius 2 is 1.82 bits per heavy atom. The maximum Gasteiger partial charge on any atom is 0.194 e. The minimum absolute atomic E-state index is 0.0476. The van der Waals surface area contributed by atoms with Gasteiger partial charge in [0.15, 0.2) is 14.9 Å². The van der Waals surface area contributed by atoms with E-state index < -0.39 is 9.84 Å². The molecule has 0 aliphatic rings. The van der Waals surface area contributed by atoms with E-state index in [0.29, 0.717) is 12.0 Å². The van der Waals surface area contributed by atoms with Crippen molar-refractivity contribution >= 4 is 25.8 Å². The van der Waals surface area contributed by atoms with Gasteiger partial charge in [0.2, 0.25) is 0 Å². The van der Waals surface area contributed by atoms with Gasteiger partial charge in [-0.1, -0.05) is 22.9 Å². The molecule has 22 heavy (non-hydrogen) atoms. The number of halogens is 1. The fourth-order valence-corrected chi connectivity index (χ4v) is 4.25. The van der Waals surface area contributed by atoms with E-state index in [2.05, 4.69) is 21.0 Å². The number of nitrogens with zero attached hydrogens (tertiary/aromatic N) is 2. The van der Waals surface area contributed by atoms with Crippen LogP contribution in [0.3, 0.4) is 0 Å². The molecule has 0 unspecified atom stereocenters. The Morgan fingerprint density at radius 3 is 2.23 bits per heavy atom. The summed E-state index contributed by atoms with van der Waals surface area (Å²) in [5, 5.41) is 13.9. The number of aryl methyl sites for hydroxylation is 2. The van der Waals surface area contributed by atoms with Crippen molar-refractivity contribution in [3.8, 4) is 5.69 Å². The van der Waals surface area contributed by atoms with Crippen molar-refractivity contribution in [3.63, 3.8) is 0 Å². The lowest BCUT2D eigenvalue weighted by molar-refractivity contribution is 0.277. The Morgan fingerprint density at radius 1 is 1.27 bits per heavy atom. The third-order valence-electron chi connectivity index (χ3n) is 3.56. The van der Waals surface area contributed by atoms with Crippen LogP contribution in [0.5, 0.6) is 0 Å². The number of aromatic nitrogens is 2. The number of rotatable bonds is 4. The summed E-state index contributed by atoms with van der Waals surface area (Å²) in [5.41, 5.74) is 3.91. The Labute approximate surface area is 139 Å². The van der Waals surface area contributed by atoms with Crippen molar-refractivity contribution < 1.29 is 13.5 Å². The summed E-state index contributed by atoms with van der Waals surface area (Å²) in [5.74, 6) is 0. The highest BCUT2D eigenvalue weighted by Gasteiger charge is 2.25. The molecule has 0 fully saturated rings. The van der Waals surface area contributed by atoms with Gasteiger partial charge in [0.25, 0.3) is 0 Å². The lowest BCUT2D eigenvalue weighted by atomic mass is 10.1. The number of sulfone groups is 1. The summed E-state index contributed by atoms with van der Waals surface area (Å²) in [6.07, 6.45) is 1.69. The molecule has 120 valence electrons. The SMILES string of the molecule is CCc1c(CO)c(S(C)(=O)=O)nn1-c1c(C)cc(Br)cc1C. The molecule has 7 heteroatoms. The summed E-state index contributed by atoms with van der Waals surface area (Å²) in [6, 6.07) is 3.92. The van der Waals surface area contributed by atoms with Crippen LogP contribution in [0.15, 0.2) is 21.6 Å². The van der Waals surface area contributed by atoms with E-state index in [1.54, 1.807) is 4.68 Å². The van der Waals surface area contributed by atoms with Gasteiger partial charge in [0.1, 0.15) is 0 Å². The van der Waals surface area contributed by atoms with Crippen molar-refractivity contribution in [3.05, 3.63) is 39.0 Å². The standard InChI is InChI=1S/C15H19BrN2O3S/c1-5-13-12(8-19)15(22(4,20)21)17-18(13)14-9(2)6-11(16)7-10(14)3/h6-7,19H,5,8H2,1-4H3. The monoisotopic (exact) mass is 386 g/mol. The van der Waals surface area contributed by atoms with Crippen LogP contribution in [0, 0.1) is 13.8 Å². The highest BCUT2D eigenvalue weighted by molar-refractivity contribution is 9.10. The van der Waals surface area contributed by atoms with E-state index in [0.717, 1.165) is 33.2 Å². The predicted molar refractivity (Wildman–Crippen MR) is 89.1 cm³/mol. The molecular formula is C15H19BrN2O3S. The Hall–Kier alpha value is -1.18. The van der Waals surface area contributed by atoms with Crippen LogP contribution in [0.25, 0.3) is 5.69 Å². The highest BCUT2D eigenvalue weighted by atomic mass is 79.9. The number of hydrogen-bond acceptors (Lipinski definition) is 4. The number of aliphatic hydroxyl groups is 1. The van der Waals surface area contributed by atoms with Gasteiger partial charge in [0, 0.05) is 16.3 Å². The van der Waals surface area contributed by atoms with Crippen LogP contribution < -0.4 is 0 Å². The smallest absolute Gasteiger partial charge is 0.194 e. The van der Waals surface area contributed by atoms with Crippen LogP contribution in [-0.4, -0.2) is 29.6 Å². The number of hydrogen-bond donors (Lipinski definition) is 1. The molecule has 5 nitrogen and oxygen atoms in total. The second-order valence-electron chi connectivity index (χ2n) is 5.31. The first kappa shape index (κ1) is 17.2. The quantitative estimate of drug-likeness (QED) is 0.876. The van der Waals surface area contributed by atoms with E-state index in [4.69, 9.17) is 0 Å². The zero-order chi connectivity index (χ0) is 16.7. The molecule has 0 aliphatic heterocycles. The molecular weight excluding hydrogens is 368 g/mol. The van der Waals surface area contributed by atoms with Crippen LogP contribution in [0.1, 0.15) is 29.3 Å². The average Bonchev–Trinajstić information content (AvgIpc) is 2.75. The molecule has 0 atom stereocenters. The van der Waals surface area contributed by atoms with Crippen molar-refractivity contribution in [1.29, 1.82) is 0 Å². The normalized spacial score (nSPS) is 11.9. The topological polar surface area (TPSA) is 72.2 Å².